The van der Waals surface area contributed by atoms with Gasteiger partial charge in [-0.25, -0.2) is 0 Å². The van der Waals surface area contributed by atoms with Gasteiger partial charge in [-0.05, 0) is 51.0 Å². The van der Waals surface area contributed by atoms with Gasteiger partial charge in [-0.15, -0.1) is 11.3 Å². The summed E-state index contributed by atoms with van der Waals surface area (Å²) >= 11 is 1.57. The van der Waals surface area contributed by atoms with Crippen molar-refractivity contribution < 1.29 is 4.79 Å². The molecule has 3 nitrogen and oxygen atoms in total. The van der Waals surface area contributed by atoms with Crippen molar-refractivity contribution in [2.24, 2.45) is 0 Å². The summed E-state index contributed by atoms with van der Waals surface area (Å²) in [4.78, 5) is 16.4. The van der Waals surface area contributed by atoms with E-state index in [1.165, 1.54) is 16.1 Å². The molecule has 4 heteroatoms. The van der Waals surface area contributed by atoms with Crippen molar-refractivity contribution in [1.29, 1.82) is 0 Å². The number of hydrogen-bond acceptors (Lipinski definition) is 3. The minimum atomic E-state index is 0.0453. The van der Waals surface area contributed by atoms with Crippen molar-refractivity contribution in [3.8, 4) is 0 Å². The average Bonchev–Trinajstić information content (AvgIpc) is 2.87. The zero-order chi connectivity index (χ0) is 15.9. The van der Waals surface area contributed by atoms with Crippen molar-refractivity contribution in [1.82, 2.24) is 5.32 Å². The number of rotatable bonds is 7. The molecule has 0 saturated carbocycles. The lowest BCUT2D eigenvalue weighted by atomic mass is 10.2. The van der Waals surface area contributed by atoms with Gasteiger partial charge in [-0.2, -0.15) is 0 Å². The molecule has 2 rings (SSSR count). The molecule has 118 valence electrons. The zero-order valence-corrected chi connectivity index (χ0v) is 14.4. The van der Waals surface area contributed by atoms with Gasteiger partial charge in [0.25, 0.3) is 5.91 Å². The van der Waals surface area contributed by atoms with Gasteiger partial charge < -0.3 is 10.2 Å². The van der Waals surface area contributed by atoms with E-state index in [9.17, 15) is 4.79 Å². The summed E-state index contributed by atoms with van der Waals surface area (Å²) in [6.45, 7) is 8.88. The SMILES string of the molecule is CCN(CCCNC(=O)c1cc(C)c(C)s1)c1ccccc1. The third-order valence-electron chi connectivity index (χ3n) is 3.78. The maximum Gasteiger partial charge on any atom is 0.261 e. The van der Waals surface area contributed by atoms with E-state index < -0.39 is 0 Å². The topological polar surface area (TPSA) is 32.3 Å². The summed E-state index contributed by atoms with van der Waals surface area (Å²) < 4.78 is 0. The Morgan fingerprint density at radius 2 is 1.95 bits per heavy atom. The van der Waals surface area contributed by atoms with Crippen LogP contribution in [0.2, 0.25) is 0 Å². The van der Waals surface area contributed by atoms with Crippen LogP contribution in [0.1, 0.15) is 33.5 Å². The van der Waals surface area contributed by atoms with Crippen LogP contribution >= 0.6 is 11.3 Å². The number of benzene rings is 1. The van der Waals surface area contributed by atoms with Crippen molar-refractivity contribution in [3.05, 3.63) is 51.7 Å². The summed E-state index contributed by atoms with van der Waals surface area (Å²) in [5, 5.41) is 3.02. The van der Waals surface area contributed by atoms with Crippen LogP contribution in [0.5, 0.6) is 0 Å². The van der Waals surface area contributed by atoms with E-state index in [4.69, 9.17) is 0 Å². The monoisotopic (exact) mass is 316 g/mol. The molecule has 1 N–H and O–H groups in total. The molecule has 0 radical (unpaired) electrons. The largest absolute Gasteiger partial charge is 0.372 e. The van der Waals surface area contributed by atoms with Gasteiger partial charge in [0.15, 0.2) is 0 Å². The Bertz CT molecular complexity index is 587. The van der Waals surface area contributed by atoms with Crippen LogP contribution in [0.15, 0.2) is 36.4 Å². The highest BCUT2D eigenvalue weighted by Gasteiger charge is 2.10. The molecule has 0 fully saturated rings. The maximum absolute atomic E-state index is 12.1. The quantitative estimate of drug-likeness (QED) is 0.783. The first kappa shape index (κ1) is 16.6. The summed E-state index contributed by atoms with van der Waals surface area (Å²) in [6.07, 6.45) is 0.942. The molecule has 1 amide bonds. The Labute approximate surface area is 137 Å². The first-order valence-electron chi connectivity index (χ1n) is 7.77. The predicted molar refractivity (Wildman–Crippen MR) is 95.1 cm³/mol. The number of para-hydroxylation sites is 1. The Morgan fingerprint density at radius 1 is 1.23 bits per heavy atom. The molecule has 0 spiro atoms. The molecular formula is C18H24N2OS. The van der Waals surface area contributed by atoms with Gasteiger partial charge in [-0.1, -0.05) is 18.2 Å². The highest BCUT2D eigenvalue weighted by Crippen LogP contribution is 2.20. The number of carbonyl (C=O) groups is 1. The van der Waals surface area contributed by atoms with Crippen LogP contribution in [0.25, 0.3) is 0 Å². The molecule has 0 aliphatic heterocycles. The number of carbonyl (C=O) groups excluding carboxylic acids is 1. The van der Waals surface area contributed by atoms with E-state index in [1.54, 1.807) is 11.3 Å². The van der Waals surface area contributed by atoms with Crippen LogP contribution in [0.3, 0.4) is 0 Å². The summed E-state index contributed by atoms with van der Waals surface area (Å²) in [5.74, 6) is 0.0453. The van der Waals surface area contributed by atoms with Crippen LogP contribution in [-0.2, 0) is 0 Å². The van der Waals surface area contributed by atoms with Crippen LogP contribution in [0, 0.1) is 13.8 Å². The predicted octanol–water partition coefficient (Wildman–Crippen LogP) is 4.01. The molecule has 0 unspecified atom stereocenters. The van der Waals surface area contributed by atoms with Gasteiger partial charge >= 0.3 is 0 Å². The molecule has 1 heterocycles. The van der Waals surface area contributed by atoms with Crippen molar-refractivity contribution >= 4 is 22.9 Å². The minimum absolute atomic E-state index is 0.0453. The summed E-state index contributed by atoms with van der Waals surface area (Å²) in [6, 6.07) is 12.4. The third kappa shape index (κ3) is 4.34. The van der Waals surface area contributed by atoms with Crippen LogP contribution < -0.4 is 10.2 Å². The Hall–Kier alpha value is -1.81. The number of nitrogens with one attached hydrogen (secondary N) is 1. The second kappa shape index (κ2) is 7.99. The van der Waals surface area contributed by atoms with Crippen molar-refractivity contribution in [2.45, 2.75) is 27.2 Å². The van der Waals surface area contributed by atoms with Crippen molar-refractivity contribution in [3.63, 3.8) is 0 Å². The normalized spacial score (nSPS) is 10.5. The molecule has 0 saturated heterocycles. The average molecular weight is 316 g/mol. The number of aryl methyl sites for hydroxylation is 2. The van der Waals surface area contributed by atoms with E-state index in [2.05, 4.69) is 48.3 Å². The second-order valence-electron chi connectivity index (χ2n) is 5.37. The van der Waals surface area contributed by atoms with Crippen LogP contribution in [-0.4, -0.2) is 25.5 Å². The number of anilines is 1. The summed E-state index contributed by atoms with van der Waals surface area (Å²) in [5.41, 5.74) is 2.43. The van der Waals surface area contributed by atoms with Crippen LogP contribution in [0.4, 0.5) is 5.69 Å². The first-order valence-corrected chi connectivity index (χ1v) is 8.58. The van der Waals surface area contributed by atoms with Gasteiger partial charge in [0, 0.05) is 30.2 Å². The number of thiophene rings is 1. The molecule has 1 aromatic carbocycles. The molecule has 22 heavy (non-hydrogen) atoms. The molecule has 0 aliphatic carbocycles. The molecule has 1 aromatic heterocycles. The molecule has 0 atom stereocenters. The van der Waals surface area contributed by atoms with Gasteiger partial charge in [0.05, 0.1) is 4.88 Å². The van der Waals surface area contributed by atoms with E-state index >= 15 is 0 Å². The molecular weight excluding hydrogens is 292 g/mol. The number of amides is 1. The maximum atomic E-state index is 12.1. The smallest absolute Gasteiger partial charge is 0.261 e. The summed E-state index contributed by atoms with van der Waals surface area (Å²) in [7, 11) is 0. The number of hydrogen-bond donors (Lipinski definition) is 1. The third-order valence-corrected chi connectivity index (χ3v) is 4.93. The Morgan fingerprint density at radius 3 is 2.55 bits per heavy atom. The highest BCUT2D eigenvalue weighted by molar-refractivity contribution is 7.14. The lowest BCUT2D eigenvalue weighted by Crippen LogP contribution is -2.29. The zero-order valence-electron chi connectivity index (χ0n) is 13.6. The van der Waals surface area contributed by atoms with Gasteiger partial charge in [0.2, 0.25) is 0 Å². The lowest BCUT2D eigenvalue weighted by Gasteiger charge is -2.23. The fourth-order valence-corrected chi connectivity index (χ4v) is 3.30. The fraction of sp³-hybridized carbons (Fsp3) is 0.389. The standard InChI is InChI=1S/C18H24N2OS/c1-4-20(16-9-6-5-7-10-16)12-8-11-19-18(21)17-13-14(2)15(3)22-17/h5-7,9-10,13H,4,8,11-12H2,1-3H3,(H,19,21). The van der Waals surface area contributed by atoms with E-state index in [0.717, 1.165) is 24.4 Å². The minimum Gasteiger partial charge on any atom is -0.372 e. The second-order valence-corrected chi connectivity index (χ2v) is 6.63. The van der Waals surface area contributed by atoms with Gasteiger partial charge in [-0.3, -0.25) is 4.79 Å². The van der Waals surface area contributed by atoms with E-state index in [-0.39, 0.29) is 5.91 Å². The lowest BCUT2D eigenvalue weighted by molar-refractivity contribution is 0.0957. The Balaban J connectivity index is 1.77. The first-order chi connectivity index (χ1) is 10.6. The Kier molecular flexibility index (Phi) is 6.01. The van der Waals surface area contributed by atoms with Crippen molar-refractivity contribution in [2.75, 3.05) is 24.5 Å². The highest BCUT2D eigenvalue weighted by atomic mass is 32.1. The van der Waals surface area contributed by atoms with Gasteiger partial charge in [0.1, 0.15) is 0 Å². The van der Waals surface area contributed by atoms with E-state index in [1.807, 2.05) is 19.1 Å². The molecule has 0 bridgehead atoms. The molecule has 0 aliphatic rings. The fourth-order valence-electron chi connectivity index (χ4n) is 2.35. The van der Waals surface area contributed by atoms with E-state index in [0.29, 0.717) is 6.54 Å². The molecule has 2 aromatic rings. The number of nitrogens with zero attached hydrogens (tertiary/aromatic N) is 1.